The number of halogens is 1. The molecule has 4 aromatic rings. The molecule has 2 N–H and O–H groups in total. The summed E-state index contributed by atoms with van der Waals surface area (Å²) >= 11 is 6.54. The topological polar surface area (TPSA) is 114 Å². The van der Waals surface area contributed by atoms with Gasteiger partial charge in [-0.3, -0.25) is 4.79 Å². The maximum Gasteiger partial charge on any atom is 0.258 e. The number of anilines is 1. The molecule has 1 aromatic heterocycles. The summed E-state index contributed by atoms with van der Waals surface area (Å²) in [5.41, 5.74) is 9.39. The average molecular weight is 538 g/mol. The number of aromatic nitrogens is 3. The van der Waals surface area contributed by atoms with Gasteiger partial charge in [0.25, 0.3) is 5.91 Å². The Morgan fingerprint density at radius 1 is 0.947 bits per heavy atom. The predicted octanol–water partition coefficient (Wildman–Crippen LogP) is 4.03. The number of nitrogens with two attached hydrogens (primary N) is 1. The molecule has 0 bridgehead atoms. The lowest BCUT2D eigenvalue weighted by Crippen LogP contribution is -2.41. The van der Waals surface area contributed by atoms with E-state index in [2.05, 4.69) is 10.3 Å². The third-order valence-electron chi connectivity index (χ3n) is 5.94. The van der Waals surface area contributed by atoms with E-state index < -0.39 is 11.9 Å². The van der Waals surface area contributed by atoms with Crippen LogP contribution in [-0.4, -0.2) is 55.4 Å². The van der Waals surface area contributed by atoms with E-state index in [0.717, 1.165) is 9.98 Å². The fourth-order valence-electron chi connectivity index (χ4n) is 4.03. The monoisotopic (exact) mass is 537 g/mol. The first-order chi connectivity index (χ1) is 18.4. The molecular weight excluding hydrogens is 510 g/mol. The Hall–Kier alpha value is -4.28. The molecule has 4 rings (SSSR count). The molecule has 0 fully saturated rings. The Morgan fingerprint density at radius 2 is 1.61 bits per heavy atom. The summed E-state index contributed by atoms with van der Waals surface area (Å²) in [5.74, 6) is 1.31. The van der Waals surface area contributed by atoms with Crippen LogP contribution in [0.5, 0.6) is 23.0 Å². The SMILES string of the molecule is COc1ccc(-c2cnnn2-c2cc(OC)c(OC)c(OC)c2)cc1N(Cl)C(=O)C(N)Cc1ccccc1. The molecule has 11 heteroatoms. The number of ether oxygens (including phenoxy) is 4. The Bertz CT molecular complexity index is 1390. The number of carbonyl (C=O) groups excluding carboxylic acids is 1. The molecule has 0 saturated carbocycles. The fraction of sp³-hybridized carbons (Fsp3) is 0.222. The molecule has 3 aromatic carbocycles. The van der Waals surface area contributed by atoms with Crippen molar-refractivity contribution in [3.05, 3.63) is 72.4 Å². The van der Waals surface area contributed by atoms with Crippen LogP contribution in [0.4, 0.5) is 5.69 Å². The number of hydrogen-bond acceptors (Lipinski definition) is 8. The average Bonchev–Trinajstić information content (AvgIpc) is 3.45. The first-order valence-corrected chi connectivity index (χ1v) is 11.9. The minimum absolute atomic E-state index is 0.331. The van der Waals surface area contributed by atoms with Crippen LogP contribution in [0.15, 0.2) is 66.9 Å². The largest absolute Gasteiger partial charge is 0.495 e. The smallest absolute Gasteiger partial charge is 0.258 e. The van der Waals surface area contributed by atoms with Crippen molar-refractivity contribution >= 4 is 23.4 Å². The minimum Gasteiger partial charge on any atom is -0.495 e. The Balaban J connectivity index is 1.70. The minimum atomic E-state index is -0.852. The second-order valence-corrected chi connectivity index (χ2v) is 8.55. The lowest BCUT2D eigenvalue weighted by molar-refractivity contribution is -0.118. The number of nitrogens with zero attached hydrogens (tertiary/aromatic N) is 4. The number of amides is 1. The highest BCUT2D eigenvalue weighted by molar-refractivity contribution is 6.37. The highest BCUT2D eigenvalue weighted by Gasteiger charge is 2.25. The van der Waals surface area contributed by atoms with Crippen LogP contribution in [0, 0.1) is 0 Å². The molecular formula is C27H28ClN5O5. The maximum absolute atomic E-state index is 13.1. The van der Waals surface area contributed by atoms with Crippen LogP contribution in [-0.2, 0) is 11.2 Å². The summed E-state index contributed by atoms with van der Waals surface area (Å²) < 4.78 is 24.5. The van der Waals surface area contributed by atoms with E-state index in [1.54, 1.807) is 35.1 Å². The van der Waals surface area contributed by atoms with Crippen molar-refractivity contribution in [3.8, 4) is 39.9 Å². The lowest BCUT2D eigenvalue weighted by atomic mass is 10.1. The summed E-state index contributed by atoms with van der Waals surface area (Å²) in [7, 11) is 6.10. The first-order valence-electron chi connectivity index (χ1n) is 11.6. The van der Waals surface area contributed by atoms with Crippen LogP contribution in [0.3, 0.4) is 0 Å². The molecule has 38 heavy (non-hydrogen) atoms. The van der Waals surface area contributed by atoms with Crippen molar-refractivity contribution in [1.29, 1.82) is 0 Å². The zero-order chi connectivity index (χ0) is 27.2. The van der Waals surface area contributed by atoms with Crippen molar-refractivity contribution < 1.29 is 23.7 Å². The van der Waals surface area contributed by atoms with E-state index >= 15 is 0 Å². The molecule has 1 heterocycles. The summed E-state index contributed by atoms with van der Waals surface area (Å²) in [6.45, 7) is 0. The van der Waals surface area contributed by atoms with Crippen LogP contribution < -0.4 is 29.1 Å². The molecule has 0 aliphatic rings. The van der Waals surface area contributed by atoms with Gasteiger partial charge in [-0.15, -0.1) is 5.10 Å². The van der Waals surface area contributed by atoms with Gasteiger partial charge < -0.3 is 24.7 Å². The molecule has 0 spiro atoms. The Labute approximate surface area is 225 Å². The molecule has 1 atom stereocenters. The summed E-state index contributed by atoms with van der Waals surface area (Å²) in [6, 6.07) is 17.4. The van der Waals surface area contributed by atoms with Gasteiger partial charge in [-0.2, -0.15) is 0 Å². The standard InChI is InChI=1S/C27H28ClN5O5/c1-35-23-11-10-18(13-21(23)32(28)27(34)20(29)12-17-8-6-5-7-9-17)22-16-30-31-33(22)19-14-24(36-2)26(38-4)25(15-19)37-3/h5-11,13-16,20H,12,29H2,1-4H3. The highest BCUT2D eigenvalue weighted by Crippen LogP contribution is 2.40. The van der Waals surface area contributed by atoms with Gasteiger partial charge >= 0.3 is 0 Å². The van der Waals surface area contributed by atoms with Crippen molar-refractivity contribution in [2.24, 2.45) is 5.73 Å². The number of hydrogen-bond donors (Lipinski definition) is 1. The maximum atomic E-state index is 13.1. The number of methoxy groups -OCH3 is 4. The van der Waals surface area contributed by atoms with Crippen LogP contribution >= 0.6 is 11.8 Å². The van der Waals surface area contributed by atoms with Gasteiger partial charge in [0.15, 0.2) is 11.5 Å². The predicted molar refractivity (Wildman–Crippen MR) is 144 cm³/mol. The van der Waals surface area contributed by atoms with Gasteiger partial charge in [0.2, 0.25) is 5.75 Å². The summed E-state index contributed by atoms with van der Waals surface area (Å²) in [5, 5.41) is 8.34. The molecule has 198 valence electrons. The third-order valence-corrected chi connectivity index (χ3v) is 6.29. The molecule has 0 aliphatic carbocycles. The van der Waals surface area contributed by atoms with Crippen LogP contribution in [0.2, 0.25) is 0 Å². The van der Waals surface area contributed by atoms with E-state index in [-0.39, 0.29) is 0 Å². The Morgan fingerprint density at radius 3 is 2.21 bits per heavy atom. The van der Waals surface area contributed by atoms with Crippen LogP contribution in [0.1, 0.15) is 5.56 Å². The highest BCUT2D eigenvalue weighted by atomic mass is 35.5. The van der Waals surface area contributed by atoms with E-state index in [0.29, 0.717) is 52.1 Å². The zero-order valence-electron chi connectivity index (χ0n) is 21.4. The summed E-state index contributed by atoms with van der Waals surface area (Å²) in [6.07, 6.45) is 1.93. The van der Waals surface area contributed by atoms with E-state index in [1.165, 1.54) is 28.4 Å². The van der Waals surface area contributed by atoms with Gasteiger partial charge in [0.1, 0.15) is 11.4 Å². The van der Waals surface area contributed by atoms with Gasteiger partial charge in [-0.25, -0.2) is 9.10 Å². The normalized spacial score (nSPS) is 11.5. The zero-order valence-corrected chi connectivity index (χ0v) is 22.2. The van der Waals surface area contributed by atoms with E-state index in [9.17, 15) is 4.79 Å². The van der Waals surface area contributed by atoms with E-state index in [1.807, 2.05) is 36.4 Å². The van der Waals surface area contributed by atoms with Crippen molar-refractivity contribution in [2.75, 3.05) is 32.9 Å². The lowest BCUT2D eigenvalue weighted by Gasteiger charge is -2.21. The fourth-order valence-corrected chi connectivity index (χ4v) is 4.29. The molecule has 0 radical (unpaired) electrons. The second kappa shape index (κ2) is 11.8. The quantitative estimate of drug-likeness (QED) is 0.302. The third kappa shape index (κ3) is 5.36. The van der Waals surface area contributed by atoms with Crippen molar-refractivity contribution in [1.82, 2.24) is 15.0 Å². The molecule has 1 amide bonds. The van der Waals surface area contributed by atoms with Gasteiger partial charge in [0, 0.05) is 29.5 Å². The number of rotatable bonds is 10. The summed E-state index contributed by atoms with van der Waals surface area (Å²) in [4.78, 5) is 13.1. The second-order valence-electron chi connectivity index (χ2n) is 8.22. The number of carbonyl (C=O) groups is 1. The first kappa shape index (κ1) is 26.8. The van der Waals surface area contributed by atoms with Gasteiger partial charge in [-0.05, 0) is 30.2 Å². The molecule has 1 unspecified atom stereocenters. The van der Waals surface area contributed by atoms with Gasteiger partial charge in [0.05, 0.1) is 52.1 Å². The van der Waals surface area contributed by atoms with Crippen LogP contribution in [0.25, 0.3) is 16.9 Å². The molecule has 10 nitrogen and oxygen atoms in total. The Kier molecular flexibility index (Phi) is 8.35. The van der Waals surface area contributed by atoms with Crippen molar-refractivity contribution in [3.63, 3.8) is 0 Å². The molecule has 0 saturated heterocycles. The van der Waals surface area contributed by atoms with E-state index in [4.69, 9.17) is 36.5 Å². The van der Waals surface area contributed by atoms with Gasteiger partial charge in [-0.1, -0.05) is 35.5 Å². The number of benzene rings is 3. The molecule has 0 aliphatic heterocycles. The van der Waals surface area contributed by atoms with Crippen molar-refractivity contribution in [2.45, 2.75) is 12.5 Å².